The summed E-state index contributed by atoms with van der Waals surface area (Å²) in [6.07, 6.45) is 8.72. The van der Waals surface area contributed by atoms with Crippen LogP contribution in [0.4, 0.5) is 5.69 Å². The number of nitrogens with one attached hydrogen (secondary N) is 2. The van der Waals surface area contributed by atoms with Gasteiger partial charge in [0.15, 0.2) is 5.69 Å². The molecule has 7 nitrogen and oxygen atoms in total. The Labute approximate surface area is 165 Å². The van der Waals surface area contributed by atoms with E-state index in [2.05, 4.69) is 20.9 Å². The van der Waals surface area contributed by atoms with E-state index >= 15 is 0 Å². The Morgan fingerprint density at radius 3 is 2.74 bits per heavy atom. The second kappa shape index (κ2) is 9.19. The molecule has 2 aromatic rings. The van der Waals surface area contributed by atoms with E-state index in [1.54, 1.807) is 6.20 Å². The maximum Gasteiger partial charge on any atom is 0.277 e. The minimum Gasteiger partial charge on any atom is -0.490 e. The topological polar surface area (TPSA) is 81.1 Å². The van der Waals surface area contributed by atoms with Crippen molar-refractivity contribution in [1.82, 2.24) is 20.3 Å². The molecule has 2 aliphatic rings. The number of hydrogen-bond donors (Lipinski definition) is 2. The van der Waals surface area contributed by atoms with Gasteiger partial charge < -0.3 is 15.4 Å². The number of anilines is 1. The van der Waals surface area contributed by atoms with Crippen LogP contribution in [-0.4, -0.2) is 40.1 Å². The van der Waals surface area contributed by atoms with E-state index < -0.39 is 0 Å². The maximum atomic E-state index is 12.5. The molecule has 0 spiro atoms. The third-order valence-electron chi connectivity index (χ3n) is 5.12. The first-order chi connectivity index (χ1) is 12.8. The summed E-state index contributed by atoms with van der Waals surface area (Å²) >= 11 is 0. The van der Waals surface area contributed by atoms with Gasteiger partial charge in [-0.1, -0.05) is 11.3 Å². The van der Waals surface area contributed by atoms with Gasteiger partial charge in [0.05, 0.1) is 18.3 Å². The molecule has 0 radical (unpaired) electrons. The van der Waals surface area contributed by atoms with Crippen molar-refractivity contribution in [3.8, 4) is 5.75 Å². The lowest BCUT2D eigenvalue weighted by atomic mass is 10.1. The van der Waals surface area contributed by atoms with Crippen molar-refractivity contribution in [2.75, 3.05) is 18.4 Å². The fourth-order valence-electron chi connectivity index (χ4n) is 3.67. The van der Waals surface area contributed by atoms with Gasteiger partial charge in [-0.2, -0.15) is 0 Å². The molecule has 2 fully saturated rings. The summed E-state index contributed by atoms with van der Waals surface area (Å²) < 4.78 is 7.81. The molecule has 8 heteroatoms. The fourth-order valence-corrected chi connectivity index (χ4v) is 3.67. The van der Waals surface area contributed by atoms with Gasteiger partial charge in [-0.05, 0) is 63.7 Å². The van der Waals surface area contributed by atoms with E-state index in [0.717, 1.165) is 44.5 Å². The number of ether oxygens (including phenoxy) is 1. The zero-order chi connectivity index (χ0) is 17.8. The van der Waals surface area contributed by atoms with Crippen LogP contribution in [0.1, 0.15) is 55.1 Å². The minimum absolute atomic E-state index is 0. The number of hydrogen-bond acceptors (Lipinski definition) is 5. The Morgan fingerprint density at radius 1 is 1.19 bits per heavy atom. The minimum atomic E-state index is -0.247. The van der Waals surface area contributed by atoms with Crippen LogP contribution >= 0.6 is 12.4 Å². The average Bonchev–Trinajstić information content (AvgIpc) is 3.35. The van der Waals surface area contributed by atoms with E-state index in [4.69, 9.17) is 4.74 Å². The molecule has 1 saturated carbocycles. The van der Waals surface area contributed by atoms with Gasteiger partial charge in [-0.3, -0.25) is 4.79 Å². The molecule has 2 N–H and O–H groups in total. The molecule has 0 bridgehead atoms. The van der Waals surface area contributed by atoms with E-state index in [9.17, 15) is 4.79 Å². The van der Waals surface area contributed by atoms with Crippen LogP contribution in [-0.2, 0) is 0 Å². The largest absolute Gasteiger partial charge is 0.490 e. The molecule has 1 saturated heterocycles. The number of halogens is 1. The van der Waals surface area contributed by atoms with Crippen molar-refractivity contribution in [2.24, 2.45) is 0 Å². The van der Waals surface area contributed by atoms with Crippen LogP contribution in [0.5, 0.6) is 5.75 Å². The Morgan fingerprint density at radius 2 is 1.96 bits per heavy atom. The second-order valence-electron chi connectivity index (χ2n) is 7.07. The van der Waals surface area contributed by atoms with Crippen molar-refractivity contribution in [1.29, 1.82) is 0 Å². The second-order valence-corrected chi connectivity index (χ2v) is 7.07. The van der Waals surface area contributed by atoms with E-state index in [1.807, 2.05) is 28.9 Å². The van der Waals surface area contributed by atoms with Crippen molar-refractivity contribution >= 4 is 24.0 Å². The van der Waals surface area contributed by atoms with E-state index in [1.165, 1.54) is 12.8 Å². The van der Waals surface area contributed by atoms with Gasteiger partial charge in [0.2, 0.25) is 0 Å². The molecular formula is C19H26ClN5O2. The number of benzene rings is 1. The maximum absolute atomic E-state index is 12.5. The summed E-state index contributed by atoms with van der Waals surface area (Å²) in [5, 5.41) is 14.4. The van der Waals surface area contributed by atoms with Gasteiger partial charge in [-0.15, -0.1) is 17.5 Å². The molecule has 27 heavy (non-hydrogen) atoms. The Kier molecular flexibility index (Phi) is 6.68. The fraction of sp³-hybridized carbons (Fsp3) is 0.526. The van der Waals surface area contributed by atoms with E-state index in [-0.39, 0.29) is 18.3 Å². The van der Waals surface area contributed by atoms with Crippen LogP contribution in [0.25, 0.3) is 0 Å². The van der Waals surface area contributed by atoms with Crippen LogP contribution in [0.15, 0.2) is 30.5 Å². The number of piperidine rings is 1. The van der Waals surface area contributed by atoms with Crippen LogP contribution in [0.2, 0.25) is 0 Å². The predicted octanol–water partition coefficient (Wildman–Crippen LogP) is 3.20. The number of aromatic nitrogens is 3. The Bertz CT molecular complexity index is 754. The van der Waals surface area contributed by atoms with Gasteiger partial charge >= 0.3 is 0 Å². The van der Waals surface area contributed by atoms with Crippen LogP contribution in [0.3, 0.4) is 0 Å². The molecule has 1 amide bonds. The standard InChI is InChI=1S/C19H25N5O2.ClH/c25-19(18-13-24(23-22-18)15-8-10-20-11-9-15)21-14-4-3-7-17(12-14)26-16-5-1-2-6-16;/h3-4,7,12-13,15-16,20H,1-2,5-6,8-11H2,(H,21,25);1H. The average molecular weight is 392 g/mol. The first kappa shape index (κ1) is 19.6. The monoisotopic (exact) mass is 391 g/mol. The normalized spacial score (nSPS) is 18.1. The highest BCUT2D eigenvalue weighted by Crippen LogP contribution is 2.26. The Balaban J connectivity index is 0.00000210. The third kappa shape index (κ3) is 4.99. The SMILES string of the molecule is Cl.O=C(Nc1cccc(OC2CCCC2)c1)c1cn(C2CCNCC2)nn1. The van der Waals surface area contributed by atoms with Crippen LogP contribution < -0.4 is 15.4 Å². The Hall–Kier alpha value is -2.12. The molecule has 1 aromatic heterocycles. The van der Waals surface area contributed by atoms with Crippen molar-refractivity contribution in [2.45, 2.75) is 50.7 Å². The first-order valence-electron chi connectivity index (χ1n) is 9.48. The molecule has 2 heterocycles. The molecule has 0 atom stereocenters. The molecule has 4 rings (SSSR count). The summed E-state index contributed by atoms with van der Waals surface area (Å²) in [6, 6.07) is 7.87. The highest BCUT2D eigenvalue weighted by Gasteiger charge is 2.19. The van der Waals surface area contributed by atoms with Crippen molar-refractivity contribution in [3.63, 3.8) is 0 Å². The number of amides is 1. The number of carbonyl (C=O) groups excluding carboxylic acids is 1. The zero-order valence-corrected chi connectivity index (χ0v) is 16.1. The van der Waals surface area contributed by atoms with Crippen molar-refractivity contribution in [3.05, 3.63) is 36.2 Å². The molecular weight excluding hydrogens is 366 g/mol. The van der Waals surface area contributed by atoms with Gasteiger partial charge in [-0.25, -0.2) is 4.68 Å². The van der Waals surface area contributed by atoms with Crippen molar-refractivity contribution < 1.29 is 9.53 Å². The molecule has 1 aromatic carbocycles. The quantitative estimate of drug-likeness (QED) is 0.818. The summed E-state index contributed by atoms with van der Waals surface area (Å²) in [7, 11) is 0. The number of nitrogens with zero attached hydrogens (tertiary/aromatic N) is 3. The summed E-state index contributed by atoms with van der Waals surface area (Å²) in [6.45, 7) is 1.94. The highest BCUT2D eigenvalue weighted by molar-refractivity contribution is 6.02. The number of carbonyl (C=O) groups is 1. The summed E-state index contributed by atoms with van der Waals surface area (Å²) in [4.78, 5) is 12.5. The summed E-state index contributed by atoms with van der Waals surface area (Å²) in [5.41, 5.74) is 1.05. The molecule has 1 aliphatic carbocycles. The first-order valence-corrected chi connectivity index (χ1v) is 9.48. The molecule has 146 valence electrons. The third-order valence-corrected chi connectivity index (χ3v) is 5.12. The lowest BCUT2D eigenvalue weighted by Crippen LogP contribution is -2.29. The van der Waals surface area contributed by atoms with E-state index in [0.29, 0.717) is 23.5 Å². The van der Waals surface area contributed by atoms with Gasteiger partial charge in [0.1, 0.15) is 5.75 Å². The van der Waals surface area contributed by atoms with Gasteiger partial charge in [0.25, 0.3) is 5.91 Å². The van der Waals surface area contributed by atoms with Crippen LogP contribution in [0, 0.1) is 0 Å². The predicted molar refractivity (Wildman–Crippen MR) is 106 cm³/mol. The van der Waals surface area contributed by atoms with Gasteiger partial charge in [0, 0.05) is 11.8 Å². The molecule has 0 unspecified atom stereocenters. The number of rotatable bonds is 5. The lowest BCUT2D eigenvalue weighted by Gasteiger charge is -2.22. The smallest absolute Gasteiger partial charge is 0.277 e. The zero-order valence-electron chi connectivity index (χ0n) is 15.3. The highest BCUT2D eigenvalue weighted by atomic mass is 35.5. The summed E-state index contributed by atoms with van der Waals surface area (Å²) in [5.74, 6) is 0.552. The molecule has 1 aliphatic heterocycles. The lowest BCUT2D eigenvalue weighted by molar-refractivity contribution is 0.102.